The maximum absolute atomic E-state index is 8.87. The van der Waals surface area contributed by atoms with Crippen molar-refractivity contribution < 1.29 is 5.21 Å². The van der Waals surface area contributed by atoms with Crippen molar-refractivity contribution in [1.82, 2.24) is 9.88 Å². The molecule has 0 radical (unpaired) electrons. The molecule has 0 saturated carbocycles. The SMILES string of the molecule is CCCC1CCCN(Cc2cccnc2C(N)=NO)CC1. The summed E-state index contributed by atoms with van der Waals surface area (Å²) in [4.78, 5) is 6.70. The van der Waals surface area contributed by atoms with E-state index < -0.39 is 0 Å². The first kappa shape index (κ1) is 15.8. The van der Waals surface area contributed by atoms with Crippen molar-refractivity contribution in [3.63, 3.8) is 0 Å². The highest BCUT2D eigenvalue weighted by atomic mass is 16.4. The van der Waals surface area contributed by atoms with Gasteiger partial charge < -0.3 is 10.9 Å². The molecule has 5 nitrogen and oxygen atoms in total. The Balaban J connectivity index is 2.02. The van der Waals surface area contributed by atoms with Crippen molar-refractivity contribution in [2.24, 2.45) is 16.8 Å². The van der Waals surface area contributed by atoms with Gasteiger partial charge in [-0.2, -0.15) is 0 Å². The Morgan fingerprint density at radius 2 is 2.33 bits per heavy atom. The van der Waals surface area contributed by atoms with Crippen LogP contribution in [0.2, 0.25) is 0 Å². The second-order valence-electron chi connectivity index (χ2n) is 5.86. The van der Waals surface area contributed by atoms with E-state index in [-0.39, 0.29) is 5.84 Å². The number of rotatable bonds is 5. The number of amidine groups is 1. The lowest BCUT2D eigenvalue weighted by atomic mass is 9.96. The largest absolute Gasteiger partial charge is 0.409 e. The van der Waals surface area contributed by atoms with Crippen molar-refractivity contribution >= 4 is 5.84 Å². The summed E-state index contributed by atoms with van der Waals surface area (Å²) >= 11 is 0. The average Bonchev–Trinajstić information content (AvgIpc) is 2.73. The Morgan fingerprint density at radius 3 is 3.10 bits per heavy atom. The lowest BCUT2D eigenvalue weighted by molar-refractivity contribution is 0.270. The Kier molecular flexibility index (Phi) is 5.99. The number of oxime groups is 1. The number of hydrogen-bond acceptors (Lipinski definition) is 4. The molecule has 1 atom stereocenters. The first-order valence-corrected chi connectivity index (χ1v) is 7.88. The molecular weight excluding hydrogens is 264 g/mol. The van der Waals surface area contributed by atoms with Crippen LogP contribution in [-0.2, 0) is 6.54 Å². The molecule has 1 aliphatic rings. The molecule has 1 unspecified atom stereocenters. The second kappa shape index (κ2) is 7.98. The zero-order chi connectivity index (χ0) is 15.1. The summed E-state index contributed by atoms with van der Waals surface area (Å²) in [7, 11) is 0. The third-order valence-electron chi connectivity index (χ3n) is 4.27. The quantitative estimate of drug-likeness (QED) is 0.378. The van der Waals surface area contributed by atoms with E-state index in [2.05, 4.69) is 22.0 Å². The zero-order valence-corrected chi connectivity index (χ0v) is 12.8. The minimum atomic E-state index is 0.0873. The van der Waals surface area contributed by atoms with Gasteiger partial charge in [0.25, 0.3) is 0 Å². The standard InChI is InChI=1S/C16H26N4O/c1-2-5-13-6-4-10-20(11-8-13)12-14-7-3-9-18-15(14)16(17)19-21/h3,7,9,13,21H,2,4-6,8,10-12H2,1H3,(H2,17,19). The molecule has 0 aliphatic carbocycles. The summed E-state index contributed by atoms with van der Waals surface area (Å²) < 4.78 is 0. The van der Waals surface area contributed by atoms with Gasteiger partial charge in [-0.25, -0.2) is 0 Å². The van der Waals surface area contributed by atoms with Crippen molar-refractivity contribution in [2.75, 3.05) is 13.1 Å². The van der Waals surface area contributed by atoms with Crippen LogP contribution >= 0.6 is 0 Å². The van der Waals surface area contributed by atoms with E-state index in [0.717, 1.165) is 31.1 Å². The molecule has 1 aromatic rings. The second-order valence-corrected chi connectivity index (χ2v) is 5.86. The first-order chi connectivity index (χ1) is 10.2. The molecule has 2 rings (SSSR count). The van der Waals surface area contributed by atoms with Crippen LogP contribution < -0.4 is 5.73 Å². The van der Waals surface area contributed by atoms with Crippen molar-refractivity contribution in [2.45, 2.75) is 45.6 Å². The fraction of sp³-hybridized carbons (Fsp3) is 0.625. The summed E-state index contributed by atoms with van der Waals surface area (Å²) in [5.41, 5.74) is 7.33. The topological polar surface area (TPSA) is 74.7 Å². The third-order valence-corrected chi connectivity index (χ3v) is 4.27. The Morgan fingerprint density at radius 1 is 1.48 bits per heavy atom. The van der Waals surface area contributed by atoms with Gasteiger partial charge in [-0.15, -0.1) is 0 Å². The number of nitrogens with zero attached hydrogens (tertiary/aromatic N) is 3. The molecule has 0 amide bonds. The van der Waals surface area contributed by atoms with Crippen LogP contribution in [0.5, 0.6) is 0 Å². The first-order valence-electron chi connectivity index (χ1n) is 7.88. The van der Waals surface area contributed by atoms with Crippen molar-refractivity contribution in [3.8, 4) is 0 Å². The molecule has 0 bridgehead atoms. The monoisotopic (exact) mass is 290 g/mol. The minimum Gasteiger partial charge on any atom is -0.409 e. The fourth-order valence-corrected chi connectivity index (χ4v) is 3.16. The van der Waals surface area contributed by atoms with E-state index in [4.69, 9.17) is 10.9 Å². The predicted molar refractivity (Wildman–Crippen MR) is 84.3 cm³/mol. The molecule has 1 aliphatic heterocycles. The van der Waals surface area contributed by atoms with Crippen molar-refractivity contribution in [3.05, 3.63) is 29.6 Å². The highest BCUT2D eigenvalue weighted by molar-refractivity contribution is 5.96. The molecule has 1 aromatic heterocycles. The van der Waals surface area contributed by atoms with E-state index in [1.807, 2.05) is 12.1 Å². The molecular formula is C16H26N4O. The Bertz CT molecular complexity index is 475. The van der Waals surface area contributed by atoms with Crippen LogP contribution in [-0.4, -0.2) is 34.0 Å². The summed E-state index contributed by atoms with van der Waals surface area (Å²) in [5.74, 6) is 0.960. The highest BCUT2D eigenvalue weighted by Gasteiger charge is 2.18. The smallest absolute Gasteiger partial charge is 0.189 e. The van der Waals surface area contributed by atoms with Crippen LogP contribution in [0.15, 0.2) is 23.5 Å². The van der Waals surface area contributed by atoms with E-state index in [0.29, 0.717) is 5.69 Å². The Labute approximate surface area is 126 Å². The van der Waals surface area contributed by atoms with E-state index in [9.17, 15) is 0 Å². The maximum Gasteiger partial charge on any atom is 0.189 e. The number of likely N-dealkylation sites (tertiary alicyclic amines) is 1. The summed E-state index contributed by atoms with van der Waals surface area (Å²) in [5, 5.41) is 11.9. The minimum absolute atomic E-state index is 0.0873. The lowest BCUT2D eigenvalue weighted by Gasteiger charge is -2.21. The van der Waals surface area contributed by atoms with Gasteiger partial charge in [-0.3, -0.25) is 9.88 Å². The molecule has 0 spiro atoms. The van der Waals surface area contributed by atoms with Crippen LogP contribution in [0.25, 0.3) is 0 Å². The molecule has 5 heteroatoms. The summed E-state index contributed by atoms with van der Waals surface area (Å²) in [6.45, 7) is 5.32. The molecule has 2 heterocycles. The molecule has 21 heavy (non-hydrogen) atoms. The normalized spacial score (nSPS) is 21.2. The van der Waals surface area contributed by atoms with Crippen LogP contribution in [0.3, 0.4) is 0 Å². The molecule has 3 N–H and O–H groups in total. The van der Waals surface area contributed by atoms with Crippen molar-refractivity contribution in [1.29, 1.82) is 0 Å². The van der Waals surface area contributed by atoms with Gasteiger partial charge in [0.2, 0.25) is 0 Å². The van der Waals surface area contributed by atoms with Crippen LogP contribution in [0.1, 0.15) is 50.3 Å². The zero-order valence-electron chi connectivity index (χ0n) is 12.8. The molecule has 1 saturated heterocycles. The van der Waals surface area contributed by atoms with Gasteiger partial charge in [0.1, 0.15) is 5.69 Å². The summed E-state index contributed by atoms with van der Waals surface area (Å²) in [6, 6.07) is 3.91. The number of pyridine rings is 1. The van der Waals surface area contributed by atoms with E-state index in [1.165, 1.54) is 32.1 Å². The average molecular weight is 290 g/mol. The van der Waals surface area contributed by atoms with E-state index >= 15 is 0 Å². The number of nitrogens with two attached hydrogens (primary N) is 1. The third kappa shape index (κ3) is 4.43. The molecule has 1 fully saturated rings. The molecule has 0 aromatic carbocycles. The fourth-order valence-electron chi connectivity index (χ4n) is 3.16. The van der Waals surface area contributed by atoms with Gasteiger partial charge in [0, 0.05) is 12.7 Å². The number of aromatic nitrogens is 1. The summed E-state index contributed by atoms with van der Waals surface area (Å²) in [6.07, 6.45) is 8.16. The molecule has 116 valence electrons. The number of hydrogen-bond donors (Lipinski definition) is 2. The van der Waals surface area contributed by atoms with Gasteiger partial charge in [0.05, 0.1) is 0 Å². The Hall–Kier alpha value is -1.62. The maximum atomic E-state index is 8.87. The van der Waals surface area contributed by atoms with E-state index in [1.54, 1.807) is 6.20 Å². The predicted octanol–water partition coefficient (Wildman–Crippen LogP) is 2.58. The van der Waals surface area contributed by atoms with Gasteiger partial charge in [0.15, 0.2) is 5.84 Å². The van der Waals surface area contributed by atoms with Gasteiger partial charge in [-0.1, -0.05) is 31.0 Å². The lowest BCUT2D eigenvalue weighted by Crippen LogP contribution is -2.27. The highest BCUT2D eigenvalue weighted by Crippen LogP contribution is 2.23. The van der Waals surface area contributed by atoms with Gasteiger partial charge >= 0.3 is 0 Å². The van der Waals surface area contributed by atoms with Crippen LogP contribution in [0, 0.1) is 5.92 Å². The van der Waals surface area contributed by atoms with Gasteiger partial charge in [-0.05, 0) is 49.9 Å². The van der Waals surface area contributed by atoms with Crippen LogP contribution in [0.4, 0.5) is 0 Å².